The first-order valence-corrected chi connectivity index (χ1v) is 12.0. The Bertz CT molecular complexity index is 1640. The molecule has 0 aliphatic rings. The fourth-order valence-electron chi connectivity index (χ4n) is 3.52. The molecular formula is C26H17Cl2N3O2S. The molecule has 0 saturated heterocycles. The van der Waals surface area contributed by atoms with E-state index in [9.17, 15) is 4.79 Å². The summed E-state index contributed by atoms with van der Waals surface area (Å²) in [5.74, 6) is 0. The third-order valence-electron chi connectivity index (χ3n) is 5.19. The van der Waals surface area contributed by atoms with Crippen LogP contribution in [0.15, 0.2) is 104 Å². The molecule has 0 atom stereocenters. The number of fused-ring (bicyclic) bond motifs is 1. The van der Waals surface area contributed by atoms with Gasteiger partial charge in [0.05, 0.1) is 34.1 Å². The standard InChI is InChI=1S/C26H17Cl2N3O2S/c27-21-11-10-18(12-22(21)28)14-29-30-26-31(15-17-6-2-1-3-7-17)23(16-34-26)20-13-19-8-4-5-9-24(19)33-25(20)32/h1-14,16H,15H2/b29-14+,30-26-. The number of halogens is 2. The van der Waals surface area contributed by atoms with Crippen molar-refractivity contribution in [3.05, 3.63) is 121 Å². The van der Waals surface area contributed by atoms with Crippen molar-refractivity contribution in [3.63, 3.8) is 0 Å². The molecule has 5 aromatic rings. The number of thiazole rings is 1. The van der Waals surface area contributed by atoms with E-state index < -0.39 is 5.63 Å². The fourth-order valence-corrected chi connectivity index (χ4v) is 4.68. The van der Waals surface area contributed by atoms with E-state index >= 15 is 0 Å². The van der Waals surface area contributed by atoms with Gasteiger partial charge in [0, 0.05) is 10.8 Å². The van der Waals surface area contributed by atoms with Crippen LogP contribution in [0.5, 0.6) is 0 Å². The molecule has 0 unspecified atom stereocenters. The summed E-state index contributed by atoms with van der Waals surface area (Å²) in [6.07, 6.45) is 1.61. The molecule has 0 saturated carbocycles. The van der Waals surface area contributed by atoms with E-state index in [4.69, 9.17) is 27.6 Å². The van der Waals surface area contributed by atoms with E-state index in [1.54, 1.807) is 24.4 Å². The summed E-state index contributed by atoms with van der Waals surface area (Å²) >= 11 is 13.5. The van der Waals surface area contributed by atoms with Crippen molar-refractivity contribution in [2.24, 2.45) is 10.2 Å². The molecule has 0 N–H and O–H groups in total. The fraction of sp³-hybridized carbons (Fsp3) is 0.0385. The minimum Gasteiger partial charge on any atom is -0.422 e. The highest BCUT2D eigenvalue weighted by Gasteiger charge is 2.14. The summed E-state index contributed by atoms with van der Waals surface area (Å²) in [5, 5.41) is 12.4. The van der Waals surface area contributed by atoms with E-state index in [-0.39, 0.29) is 0 Å². The van der Waals surface area contributed by atoms with Crippen LogP contribution in [-0.4, -0.2) is 10.8 Å². The van der Waals surface area contributed by atoms with Gasteiger partial charge in [-0.15, -0.1) is 16.4 Å². The van der Waals surface area contributed by atoms with Crippen LogP contribution in [0.3, 0.4) is 0 Å². The number of nitrogens with zero attached hydrogens (tertiary/aromatic N) is 3. The molecule has 0 amide bonds. The molecule has 0 radical (unpaired) electrons. The zero-order chi connectivity index (χ0) is 23.5. The van der Waals surface area contributed by atoms with Gasteiger partial charge < -0.3 is 8.98 Å². The lowest BCUT2D eigenvalue weighted by Gasteiger charge is -2.09. The Balaban J connectivity index is 1.61. The van der Waals surface area contributed by atoms with Crippen LogP contribution in [0, 0.1) is 0 Å². The molecule has 168 valence electrons. The highest BCUT2D eigenvalue weighted by Crippen LogP contribution is 2.23. The van der Waals surface area contributed by atoms with E-state index in [2.05, 4.69) is 10.2 Å². The van der Waals surface area contributed by atoms with Crippen molar-refractivity contribution < 1.29 is 4.42 Å². The van der Waals surface area contributed by atoms with Gasteiger partial charge in [0.2, 0.25) is 4.80 Å². The second kappa shape index (κ2) is 9.81. The van der Waals surface area contributed by atoms with Crippen molar-refractivity contribution in [2.75, 3.05) is 0 Å². The average Bonchev–Trinajstić information content (AvgIpc) is 3.23. The molecule has 5 nitrogen and oxygen atoms in total. The van der Waals surface area contributed by atoms with Crippen LogP contribution in [0.1, 0.15) is 11.1 Å². The number of hydrogen-bond donors (Lipinski definition) is 0. The quantitative estimate of drug-likeness (QED) is 0.153. The summed E-state index contributed by atoms with van der Waals surface area (Å²) in [6, 6.07) is 24.5. The summed E-state index contributed by atoms with van der Waals surface area (Å²) in [7, 11) is 0. The van der Waals surface area contributed by atoms with Gasteiger partial charge in [0.25, 0.3) is 0 Å². The van der Waals surface area contributed by atoms with Crippen molar-refractivity contribution in [3.8, 4) is 11.3 Å². The molecule has 0 aliphatic carbocycles. The predicted molar refractivity (Wildman–Crippen MR) is 139 cm³/mol. The lowest BCUT2D eigenvalue weighted by molar-refractivity contribution is 0.562. The van der Waals surface area contributed by atoms with Gasteiger partial charge in [-0.1, -0.05) is 77.8 Å². The Kier molecular flexibility index (Phi) is 6.45. The second-order valence-electron chi connectivity index (χ2n) is 7.48. The Hall–Kier alpha value is -3.45. The maximum absolute atomic E-state index is 12.8. The topological polar surface area (TPSA) is 59.9 Å². The SMILES string of the molecule is O=c1oc2ccccc2cc1-c1cs/c(=N\N=C\c2ccc(Cl)c(Cl)c2)n1Cc1ccccc1. The van der Waals surface area contributed by atoms with Crippen molar-refractivity contribution in [1.82, 2.24) is 4.57 Å². The zero-order valence-electron chi connectivity index (χ0n) is 17.7. The first kappa shape index (κ1) is 22.3. The number of para-hydroxylation sites is 1. The number of aromatic nitrogens is 1. The van der Waals surface area contributed by atoms with Gasteiger partial charge in [-0.2, -0.15) is 5.10 Å². The molecule has 0 bridgehead atoms. The van der Waals surface area contributed by atoms with Crippen LogP contribution < -0.4 is 10.4 Å². The number of hydrogen-bond acceptors (Lipinski definition) is 5. The smallest absolute Gasteiger partial charge is 0.345 e. The maximum Gasteiger partial charge on any atom is 0.345 e. The highest BCUT2D eigenvalue weighted by atomic mass is 35.5. The van der Waals surface area contributed by atoms with Gasteiger partial charge in [0.15, 0.2) is 0 Å². The van der Waals surface area contributed by atoms with Gasteiger partial charge in [-0.3, -0.25) is 0 Å². The van der Waals surface area contributed by atoms with E-state index in [0.717, 1.165) is 22.2 Å². The summed E-state index contributed by atoms with van der Waals surface area (Å²) in [5.41, 5.74) is 3.20. The molecule has 34 heavy (non-hydrogen) atoms. The van der Waals surface area contributed by atoms with Crippen molar-refractivity contribution in [1.29, 1.82) is 0 Å². The highest BCUT2D eigenvalue weighted by molar-refractivity contribution is 7.07. The lowest BCUT2D eigenvalue weighted by Crippen LogP contribution is -2.18. The van der Waals surface area contributed by atoms with E-state index in [0.29, 0.717) is 32.5 Å². The Morgan fingerprint density at radius 2 is 1.74 bits per heavy atom. The molecule has 0 aliphatic heterocycles. The summed E-state index contributed by atoms with van der Waals surface area (Å²) < 4.78 is 7.54. The zero-order valence-corrected chi connectivity index (χ0v) is 20.0. The summed E-state index contributed by atoms with van der Waals surface area (Å²) in [6.45, 7) is 0.521. The minimum absolute atomic E-state index is 0.399. The molecule has 2 heterocycles. The third kappa shape index (κ3) is 4.75. The van der Waals surface area contributed by atoms with Gasteiger partial charge in [0.1, 0.15) is 5.58 Å². The number of rotatable bonds is 5. The lowest BCUT2D eigenvalue weighted by atomic mass is 10.1. The average molecular weight is 506 g/mol. The normalized spacial score (nSPS) is 12.1. The van der Waals surface area contributed by atoms with Gasteiger partial charge in [-0.05, 0) is 35.4 Å². The number of benzene rings is 3. The van der Waals surface area contributed by atoms with E-state index in [1.807, 2.05) is 70.6 Å². The molecule has 3 aromatic carbocycles. The van der Waals surface area contributed by atoms with E-state index in [1.165, 1.54) is 11.3 Å². The first-order chi connectivity index (χ1) is 16.6. The maximum atomic E-state index is 12.8. The monoisotopic (exact) mass is 505 g/mol. The van der Waals surface area contributed by atoms with Crippen LogP contribution in [0.25, 0.3) is 22.2 Å². The Morgan fingerprint density at radius 1 is 0.941 bits per heavy atom. The van der Waals surface area contributed by atoms with Gasteiger partial charge in [-0.25, -0.2) is 4.79 Å². The molecular weight excluding hydrogens is 489 g/mol. The van der Waals surface area contributed by atoms with Crippen LogP contribution >= 0.6 is 34.5 Å². The predicted octanol–water partition coefficient (Wildman–Crippen LogP) is 6.61. The Labute approximate surface area is 208 Å². The largest absolute Gasteiger partial charge is 0.422 e. The minimum atomic E-state index is -0.399. The molecule has 0 spiro atoms. The van der Waals surface area contributed by atoms with Crippen LogP contribution in [0.2, 0.25) is 10.0 Å². The molecule has 8 heteroatoms. The molecule has 5 rings (SSSR count). The molecule has 2 aromatic heterocycles. The van der Waals surface area contributed by atoms with Crippen LogP contribution in [-0.2, 0) is 6.54 Å². The first-order valence-electron chi connectivity index (χ1n) is 10.4. The van der Waals surface area contributed by atoms with Crippen LogP contribution in [0.4, 0.5) is 0 Å². The molecule has 0 fully saturated rings. The second-order valence-corrected chi connectivity index (χ2v) is 9.13. The van der Waals surface area contributed by atoms with Gasteiger partial charge >= 0.3 is 5.63 Å². The van der Waals surface area contributed by atoms with Crippen molar-refractivity contribution in [2.45, 2.75) is 6.54 Å². The third-order valence-corrected chi connectivity index (χ3v) is 6.79. The van der Waals surface area contributed by atoms with Crippen molar-refractivity contribution >= 4 is 51.7 Å². The summed E-state index contributed by atoms with van der Waals surface area (Å²) in [4.78, 5) is 13.5. The Morgan fingerprint density at radius 3 is 2.56 bits per heavy atom.